The van der Waals surface area contributed by atoms with Crippen molar-refractivity contribution in [2.24, 2.45) is 5.92 Å². The second-order valence-corrected chi connectivity index (χ2v) is 7.60. The molecule has 3 aliphatic rings. The van der Waals surface area contributed by atoms with E-state index in [1.165, 1.54) is 0 Å². The number of aliphatic hydroxyl groups excluding tert-OH is 1. The van der Waals surface area contributed by atoms with Gasteiger partial charge < -0.3 is 24.2 Å². The Kier molecular flexibility index (Phi) is 5.69. The molecular formula is C20H28N2O5. The molecule has 2 fully saturated rings. The van der Waals surface area contributed by atoms with E-state index in [-0.39, 0.29) is 19.3 Å². The van der Waals surface area contributed by atoms with Gasteiger partial charge in [0.15, 0.2) is 18.1 Å². The van der Waals surface area contributed by atoms with Crippen LogP contribution in [0, 0.1) is 5.92 Å². The molecule has 0 aromatic heterocycles. The van der Waals surface area contributed by atoms with E-state index in [9.17, 15) is 9.90 Å². The van der Waals surface area contributed by atoms with Crippen molar-refractivity contribution in [1.29, 1.82) is 0 Å². The summed E-state index contributed by atoms with van der Waals surface area (Å²) in [6, 6.07) is 5.79. The van der Waals surface area contributed by atoms with E-state index >= 15 is 0 Å². The van der Waals surface area contributed by atoms with Crippen LogP contribution < -0.4 is 14.2 Å². The molecule has 1 atom stereocenters. The fourth-order valence-electron chi connectivity index (χ4n) is 4.18. The number of hydrogen-bond acceptors (Lipinski definition) is 6. The van der Waals surface area contributed by atoms with Crippen molar-refractivity contribution in [3.63, 3.8) is 0 Å². The Labute approximate surface area is 159 Å². The number of piperidine rings is 2. The molecule has 0 bridgehead atoms. The van der Waals surface area contributed by atoms with E-state index in [2.05, 4.69) is 4.90 Å². The van der Waals surface area contributed by atoms with E-state index < -0.39 is 0 Å². The average molecular weight is 376 g/mol. The Morgan fingerprint density at radius 3 is 2.78 bits per heavy atom. The molecule has 4 rings (SSSR count). The third-order valence-electron chi connectivity index (χ3n) is 5.88. The van der Waals surface area contributed by atoms with Crippen molar-refractivity contribution in [2.45, 2.75) is 31.7 Å². The molecule has 1 aromatic rings. The number of aliphatic hydroxyl groups is 1. The molecule has 0 radical (unpaired) electrons. The van der Waals surface area contributed by atoms with Gasteiger partial charge in [-0.1, -0.05) is 0 Å². The molecule has 1 aromatic carbocycles. The third-order valence-corrected chi connectivity index (χ3v) is 5.88. The third kappa shape index (κ3) is 4.30. The van der Waals surface area contributed by atoms with Gasteiger partial charge in [0.1, 0.15) is 5.75 Å². The predicted molar refractivity (Wildman–Crippen MR) is 99.0 cm³/mol. The van der Waals surface area contributed by atoms with Crippen LogP contribution in [0.4, 0.5) is 0 Å². The summed E-state index contributed by atoms with van der Waals surface area (Å²) in [5, 5.41) is 9.31. The Bertz CT molecular complexity index is 660. The zero-order valence-electron chi connectivity index (χ0n) is 15.6. The maximum absolute atomic E-state index is 12.6. The number of likely N-dealkylation sites (tertiary alicyclic amines) is 2. The zero-order valence-corrected chi connectivity index (χ0v) is 15.6. The smallest absolute Gasteiger partial charge is 0.260 e. The first-order valence-electron chi connectivity index (χ1n) is 9.88. The predicted octanol–water partition coefficient (Wildman–Crippen LogP) is 1.49. The molecule has 27 heavy (non-hydrogen) atoms. The Hall–Kier alpha value is -1.99. The number of carbonyl (C=O) groups excluding carboxylic acids is 1. The van der Waals surface area contributed by atoms with Gasteiger partial charge in [0, 0.05) is 31.8 Å². The quantitative estimate of drug-likeness (QED) is 0.840. The molecule has 1 N–H and O–H groups in total. The fourth-order valence-corrected chi connectivity index (χ4v) is 4.18. The van der Waals surface area contributed by atoms with Crippen molar-refractivity contribution >= 4 is 5.91 Å². The van der Waals surface area contributed by atoms with Crippen molar-refractivity contribution in [3.05, 3.63) is 18.2 Å². The topological polar surface area (TPSA) is 71.5 Å². The van der Waals surface area contributed by atoms with Gasteiger partial charge in [-0.05, 0) is 56.8 Å². The van der Waals surface area contributed by atoms with Crippen LogP contribution in [0.1, 0.15) is 25.7 Å². The van der Waals surface area contributed by atoms with Crippen LogP contribution in [0.15, 0.2) is 18.2 Å². The minimum atomic E-state index is 0.0302. The summed E-state index contributed by atoms with van der Waals surface area (Å²) >= 11 is 0. The lowest BCUT2D eigenvalue weighted by Crippen LogP contribution is -2.52. The van der Waals surface area contributed by atoms with Gasteiger partial charge in [-0.2, -0.15) is 0 Å². The van der Waals surface area contributed by atoms with Gasteiger partial charge in [0.25, 0.3) is 5.91 Å². The lowest BCUT2D eigenvalue weighted by molar-refractivity contribution is -0.135. The number of fused-ring (bicyclic) bond motifs is 1. The van der Waals surface area contributed by atoms with Crippen LogP contribution in [-0.4, -0.2) is 73.0 Å². The number of amides is 1. The monoisotopic (exact) mass is 376 g/mol. The lowest BCUT2D eigenvalue weighted by atomic mass is 9.94. The highest BCUT2D eigenvalue weighted by Gasteiger charge is 2.30. The minimum absolute atomic E-state index is 0.0302. The second kappa shape index (κ2) is 8.35. The molecule has 0 aliphatic carbocycles. The number of carbonyl (C=O) groups is 1. The average Bonchev–Trinajstić information content (AvgIpc) is 3.20. The first-order valence-corrected chi connectivity index (χ1v) is 9.88. The van der Waals surface area contributed by atoms with Crippen LogP contribution >= 0.6 is 0 Å². The highest BCUT2D eigenvalue weighted by Crippen LogP contribution is 2.35. The number of nitrogens with zero attached hydrogens (tertiary/aromatic N) is 2. The molecule has 0 saturated carbocycles. The van der Waals surface area contributed by atoms with Crippen molar-refractivity contribution in [3.8, 4) is 17.2 Å². The van der Waals surface area contributed by atoms with Gasteiger partial charge in [-0.3, -0.25) is 9.69 Å². The van der Waals surface area contributed by atoms with Gasteiger partial charge in [0.2, 0.25) is 6.79 Å². The van der Waals surface area contributed by atoms with E-state index in [0.29, 0.717) is 35.8 Å². The maximum Gasteiger partial charge on any atom is 0.260 e. The first-order chi connectivity index (χ1) is 13.2. The summed E-state index contributed by atoms with van der Waals surface area (Å²) in [4.78, 5) is 17.0. The Morgan fingerprint density at radius 1 is 1.15 bits per heavy atom. The van der Waals surface area contributed by atoms with Crippen LogP contribution in [0.5, 0.6) is 17.2 Å². The largest absolute Gasteiger partial charge is 0.484 e. The Morgan fingerprint density at radius 2 is 1.96 bits per heavy atom. The van der Waals surface area contributed by atoms with Crippen LogP contribution in [0.2, 0.25) is 0 Å². The number of ether oxygens (including phenoxy) is 3. The molecule has 7 nitrogen and oxygen atoms in total. The molecule has 1 amide bonds. The van der Waals surface area contributed by atoms with E-state index in [4.69, 9.17) is 14.2 Å². The van der Waals surface area contributed by atoms with Gasteiger partial charge in [-0.25, -0.2) is 0 Å². The van der Waals surface area contributed by atoms with Crippen molar-refractivity contribution in [1.82, 2.24) is 9.80 Å². The summed E-state index contributed by atoms with van der Waals surface area (Å²) in [5.41, 5.74) is 0. The Balaban J connectivity index is 1.27. The highest BCUT2D eigenvalue weighted by molar-refractivity contribution is 5.78. The maximum atomic E-state index is 12.6. The minimum Gasteiger partial charge on any atom is -0.484 e. The first kappa shape index (κ1) is 18.4. The summed E-state index contributed by atoms with van der Waals surface area (Å²) in [6.07, 6.45) is 4.26. The highest BCUT2D eigenvalue weighted by atomic mass is 16.7. The molecular weight excluding hydrogens is 348 g/mol. The number of benzene rings is 1. The second-order valence-electron chi connectivity index (χ2n) is 7.60. The molecule has 7 heteroatoms. The standard InChI is InChI=1S/C20H28N2O5/c23-12-15-5-8-21(9-6-15)16-2-1-7-22(11-16)20(24)13-25-17-3-4-18-19(10-17)27-14-26-18/h3-4,10,15-16,23H,1-2,5-9,11-14H2/t16-/m1/s1. The molecule has 0 unspecified atom stereocenters. The normalized spacial score (nSPS) is 23.4. The zero-order chi connectivity index (χ0) is 18.6. The number of hydrogen-bond donors (Lipinski definition) is 1. The van der Waals surface area contributed by atoms with Crippen molar-refractivity contribution in [2.75, 3.05) is 46.2 Å². The molecule has 3 heterocycles. The fraction of sp³-hybridized carbons (Fsp3) is 0.650. The number of rotatable bonds is 5. The van der Waals surface area contributed by atoms with Crippen LogP contribution in [-0.2, 0) is 4.79 Å². The molecule has 148 valence electrons. The van der Waals surface area contributed by atoms with Crippen molar-refractivity contribution < 1.29 is 24.1 Å². The van der Waals surface area contributed by atoms with E-state index in [0.717, 1.165) is 51.9 Å². The van der Waals surface area contributed by atoms with Crippen LogP contribution in [0.25, 0.3) is 0 Å². The summed E-state index contributed by atoms with van der Waals surface area (Å²) < 4.78 is 16.3. The van der Waals surface area contributed by atoms with Gasteiger partial charge in [-0.15, -0.1) is 0 Å². The van der Waals surface area contributed by atoms with Gasteiger partial charge >= 0.3 is 0 Å². The molecule has 2 saturated heterocycles. The lowest BCUT2D eigenvalue weighted by Gasteiger charge is -2.42. The molecule has 3 aliphatic heterocycles. The van der Waals surface area contributed by atoms with Gasteiger partial charge in [0.05, 0.1) is 0 Å². The summed E-state index contributed by atoms with van der Waals surface area (Å²) in [7, 11) is 0. The van der Waals surface area contributed by atoms with E-state index in [1.54, 1.807) is 18.2 Å². The SMILES string of the molecule is O=C(COc1ccc2c(c1)OCO2)N1CCC[C@@H](N2CCC(CO)CC2)C1. The van der Waals surface area contributed by atoms with E-state index in [1.807, 2.05) is 4.90 Å². The van der Waals surface area contributed by atoms with Crippen LogP contribution in [0.3, 0.4) is 0 Å². The molecule has 0 spiro atoms. The summed E-state index contributed by atoms with van der Waals surface area (Å²) in [6.45, 7) is 4.17. The summed E-state index contributed by atoms with van der Waals surface area (Å²) in [5.74, 6) is 2.45.